The summed E-state index contributed by atoms with van der Waals surface area (Å²) in [5.41, 5.74) is 0.145. The second kappa shape index (κ2) is 10.9. The number of amides is 1. The molecular formula is C26H32N3O5S-. The van der Waals surface area contributed by atoms with Gasteiger partial charge < -0.3 is 19.3 Å². The van der Waals surface area contributed by atoms with Crippen LogP contribution in [0.4, 0.5) is 5.69 Å². The molecule has 0 aliphatic heterocycles. The summed E-state index contributed by atoms with van der Waals surface area (Å²) in [5.74, 6) is 0.710. The first-order chi connectivity index (χ1) is 16.5. The van der Waals surface area contributed by atoms with E-state index in [1.54, 1.807) is 29.2 Å². The van der Waals surface area contributed by atoms with Gasteiger partial charge in [0.15, 0.2) is 0 Å². The number of ether oxygens (including phenoxy) is 1. The van der Waals surface area contributed by atoms with Crippen LogP contribution in [-0.4, -0.2) is 43.9 Å². The van der Waals surface area contributed by atoms with Crippen LogP contribution < -0.4 is 10.2 Å². The van der Waals surface area contributed by atoms with Gasteiger partial charge in [0.05, 0.1) is 11.5 Å². The Morgan fingerprint density at radius 1 is 1.03 bits per heavy atom. The van der Waals surface area contributed by atoms with E-state index in [-0.39, 0.29) is 39.3 Å². The molecule has 1 N–H and O–H groups in total. The molecule has 188 valence electrons. The van der Waals surface area contributed by atoms with E-state index in [9.17, 15) is 18.0 Å². The second-order valence-electron chi connectivity index (χ2n) is 9.23. The van der Waals surface area contributed by atoms with E-state index in [1.807, 2.05) is 34.6 Å². The zero-order chi connectivity index (χ0) is 25.8. The standard InChI is InChI=1S/C26H32N3O5S/c1-6-34-20-9-7-19(8-10-20)28-35(32,33)21-11-12-24-22(13-21)25(30)23(14-27-24)26(31)29(15-17(2)3)16-18(4)5/h7-14,17-18H,6,15-16H2,1-5H3,(H,27,30,31)/q-1. The number of aromatic amines is 1. The van der Waals surface area contributed by atoms with E-state index < -0.39 is 15.5 Å². The smallest absolute Gasteiger partial charge is 0.259 e. The Balaban J connectivity index is 1.96. The van der Waals surface area contributed by atoms with E-state index in [1.165, 1.54) is 24.4 Å². The molecule has 1 aromatic heterocycles. The number of carbonyl (C=O) groups is 1. The maximum Gasteiger partial charge on any atom is 0.259 e. The molecule has 1 heterocycles. The molecule has 0 bridgehead atoms. The number of nitrogens with one attached hydrogen (secondary N) is 1. The van der Waals surface area contributed by atoms with Crippen LogP contribution in [0.2, 0.25) is 0 Å². The summed E-state index contributed by atoms with van der Waals surface area (Å²) in [7, 11) is -4.09. The van der Waals surface area contributed by atoms with E-state index in [2.05, 4.69) is 9.71 Å². The molecule has 0 saturated carbocycles. The molecule has 9 heteroatoms. The topological polar surface area (TPSA) is 111 Å². The summed E-state index contributed by atoms with van der Waals surface area (Å²) in [6.45, 7) is 11.4. The summed E-state index contributed by atoms with van der Waals surface area (Å²) in [4.78, 5) is 31.0. The molecule has 0 radical (unpaired) electrons. The van der Waals surface area contributed by atoms with Gasteiger partial charge in [-0.15, -0.1) is 5.69 Å². The van der Waals surface area contributed by atoms with Crippen LogP contribution in [0.3, 0.4) is 0 Å². The maximum atomic E-state index is 13.3. The van der Waals surface area contributed by atoms with Crippen LogP contribution in [0, 0.1) is 11.8 Å². The van der Waals surface area contributed by atoms with Crippen LogP contribution in [0.15, 0.2) is 58.4 Å². The molecule has 3 rings (SSSR count). The summed E-state index contributed by atoms with van der Waals surface area (Å²) in [5, 5.41) is 0.118. The third kappa shape index (κ3) is 6.42. The van der Waals surface area contributed by atoms with Gasteiger partial charge in [0.25, 0.3) is 5.91 Å². The average Bonchev–Trinajstić information content (AvgIpc) is 2.79. The Hall–Kier alpha value is -3.33. The highest BCUT2D eigenvalue weighted by atomic mass is 32.2. The summed E-state index contributed by atoms with van der Waals surface area (Å²) in [6, 6.07) is 10.5. The SMILES string of the molecule is CCOc1ccc([N-]S(=O)(=O)c2ccc3[nH]cc(C(=O)N(CC(C)C)CC(C)C)c(=O)c3c2)cc1. The van der Waals surface area contributed by atoms with Crippen molar-refractivity contribution in [1.29, 1.82) is 0 Å². The van der Waals surface area contributed by atoms with Crippen molar-refractivity contribution >= 4 is 32.5 Å². The first-order valence-corrected chi connectivity index (χ1v) is 13.1. The highest BCUT2D eigenvalue weighted by Crippen LogP contribution is 2.30. The van der Waals surface area contributed by atoms with Crippen LogP contribution in [0.5, 0.6) is 5.75 Å². The summed E-state index contributed by atoms with van der Waals surface area (Å²) >= 11 is 0. The number of hydrogen-bond donors (Lipinski definition) is 1. The highest BCUT2D eigenvalue weighted by molar-refractivity contribution is 7.94. The monoisotopic (exact) mass is 498 g/mol. The normalized spacial score (nSPS) is 11.7. The van der Waals surface area contributed by atoms with Gasteiger partial charge in [-0.25, -0.2) is 8.42 Å². The van der Waals surface area contributed by atoms with Gasteiger partial charge in [-0.1, -0.05) is 39.8 Å². The molecule has 0 aliphatic rings. The molecular weight excluding hydrogens is 466 g/mol. The van der Waals surface area contributed by atoms with Crippen LogP contribution in [0.1, 0.15) is 45.0 Å². The average molecular weight is 499 g/mol. The zero-order valence-corrected chi connectivity index (χ0v) is 21.6. The van der Waals surface area contributed by atoms with E-state index in [0.717, 1.165) is 0 Å². The number of H-pyrrole nitrogens is 1. The van der Waals surface area contributed by atoms with Crippen molar-refractivity contribution in [2.75, 3.05) is 19.7 Å². The molecule has 0 unspecified atom stereocenters. The molecule has 0 atom stereocenters. The molecule has 2 aromatic carbocycles. The minimum absolute atomic E-state index is 0.0169. The van der Waals surface area contributed by atoms with E-state index >= 15 is 0 Å². The molecule has 1 amide bonds. The van der Waals surface area contributed by atoms with Crippen LogP contribution in [-0.2, 0) is 10.0 Å². The molecule has 0 fully saturated rings. The first-order valence-electron chi connectivity index (χ1n) is 11.7. The molecule has 0 saturated heterocycles. The van der Waals surface area contributed by atoms with Gasteiger partial charge in [0.1, 0.15) is 21.3 Å². The number of pyridine rings is 1. The summed E-state index contributed by atoms with van der Waals surface area (Å²) in [6.07, 6.45) is 1.40. The fraction of sp³-hybridized carbons (Fsp3) is 0.385. The maximum absolute atomic E-state index is 13.3. The predicted molar refractivity (Wildman–Crippen MR) is 138 cm³/mol. The minimum atomic E-state index is -4.09. The Kier molecular flexibility index (Phi) is 8.22. The predicted octanol–water partition coefficient (Wildman–Crippen LogP) is 5.08. The lowest BCUT2D eigenvalue weighted by Crippen LogP contribution is -2.39. The lowest BCUT2D eigenvalue weighted by Gasteiger charge is -2.26. The van der Waals surface area contributed by atoms with Crippen molar-refractivity contribution in [1.82, 2.24) is 9.88 Å². The van der Waals surface area contributed by atoms with E-state index in [4.69, 9.17) is 4.74 Å². The van der Waals surface area contributed by atoms with Gasteiger partial charge in [0, 0.05) is 30.2 Å². The van der Waals surface area contributed by atoms with Crippen LogP contribution in [0.25, 0.3) is 15.6 Å². The Morgan fingerprint density at radius 3 is 2.23 bits per heavy atom. The Morgan fingerprint density at radius 2 is 1.66 bits per heavy atom. The molecule has 3 aromatic rings. The number of nitrogens with zero attached hydrogens (tertiary/aromatic N) is 2. The quantitative estimate of drug-likeness (QED) is 0.419. The zero-order valence-electron chi connectivity index (χ0n) is 20.7. The molecule has 35 heavy (non-hydrogen) atoms. The molecule has 0 aliphatic carbocycles. The molecule has 8 nitrogen and oxygen atoms in total. The van der Waals surface area contributed by atoms with Crippen LogP contribution >= 0.6 is 0 Å². The second-order valence-corrected chi connectivity index (χ2v) is 10.8. The van der Waals surface area contributed by atoms with E-state index in [0.29, 0.717) is 31.0 Å². The van der Waals surface area contributed by atoms with Gasteiger partial charge in [0.2, 0.25) is 5.43 Å². The lowest BCUT2D eigenvalue weighted by molar-refractivity contribution is 0.0713. The van der Waals surface area contributed by atoms with Gasteiger partial charge >= 0.3 is 0 Å². The number of rotatable bonds is 10. The third-order valence-electron chi connectivity index (χ3n) is 5.21. The number of hydrogen-bond acceptors (Lipinski definition) is 5. The lowest BCUT2D eigenvalue weighted by atomic mass is 10.1. The number of benzene rings is 2. The van der Waals surface area contributed by atoms with Crippen molar-refractivity contribution in [2.24, 2.45) is 11.8 Å². The fourth-order valence-electron chi connectivity index (χ4n) is 3.77. The largest absolute Gasteiger partial charge is 0.573 e. The Bertz CT molecular complexity index is 1340. The van der Waals surface area contributed by atoms with Crippen molar-refractivity contribution in [2.45, 2.75) is 39.5 Å². The van der Waals surface area contributed by atoms with Gasteiger partial charge in [-0.05, 0) is 49.1 Å². The third-order valence-corrected chi connectivity index (χ3v) is 6.51. The number of carbonyl (C=O) groups excluding carboxylic acids is 1. The highest BCUT2D eigenvalue weighted by Gasteiger charge is 2.22. The summed E-state index contributed by atoms with van der Waals surface area (Å²) < 4.78 is 35.1. The van der Waals surface area contributed by atoms with Crippen molar-refractivity contribution in [3.63, 3.8) is 0 Å². The number of sulfonamides is 1. The van der Waals surface area contributed by atoms with Crippen molar-refractivity contribution in [3.05, 3.63) is 69.2 Å². The van der Waals surface area contributed by atoms with Gasteiger partial charge in [-0.3, -0.25) is 9.59 Å². The number of aromatic nitrogens is 1. The first kappa shape index (κ1) is 26.3. The van der Waals surface area contributed by atoms with Crippen molar-refractivity contribution in [3.8, 4) is 5.75 Å². The Labute approximate surface area is 206 Å². The van der Waals surface area contributed by atoms with Gasteiger partial charge in [-0.2, -0.15) is 0 Å². The van der Waals surface area contributed by atoms with Crippen molar-refractivity contribution < 1.29 is 17.9 Å². The minimum Gasteiger partial charge on any atom is -0.573 e. The number of fused-ring (bicyclic) bond motifs is 1. The molecule has 0 spiro atoms. The fourth-order valence-corrected chi connectivity index (χ4v) is 4.78.